The topological polar surface area (TPSA) is 24.9 Å². The Hall–Kier alpha value is -1.10. The Balaban J connectivity index is 1.89. The van der Waals surface area contributed by atoms with Crippen LogP contribution in [0.5, 0.6) is 5.75 Å². The molecule has 1 saturated heterocycles. The van der Waals surface area contributed by atoms with Crippen LogP contribution in [0.2, 0.25) is 0 Å². The number of fused-ring (bicyclic) bond motifs is 1. The van der Waals surface area contributed by atoms with Gasteiger partial charge >= 0.3 is 0 Å². The minimum atomic E-state index is 0.524. The predicted molar refractivity (Wildman–Crippen MR) is 93.1 cm³/mol. The first-order chi connectivity index (χ1) is 11.2. The van der Waals surface area contributed by atoms with Crippen LogP contribution >= 0.6 is 0 Å². The number of rotatable bonds is 5. The fourth-order valence-electron chi connectivity index (χ4n) is 3.85. The molecule has 0 radical (unpaired) electrons. The van der Waals surface area contributed by atoms with Crippen molar-refractivity contribution < 1.29 is 9.47 Å². The van der Waals surface area contributed by atoms with Crippen molar-refractivity contribution in [3.05, 3.63) is 28.8 Å². The number of hydrogen-bond donors (Lipinski definition) is 0. The summed E-state index contributed by atoms with van der Waals surface area (Å²) in [7, 11) is 2.24. The molecule has 2 aliphatic heterocycles. The van der Waals surface area contributed by atoms with Crippen LogP contribution in [0.3, 0.4) is 0 Å². The highest BCUT2D eigenvalue weighted by Gasteiger charge is 2.25. The zero-order valence-corrected chi connectivity index (χ0v) is 14.8. The number of benzene rings is 1. The van der Waals surface area contributed by atoms with Crippen molar-refractivity contribution in [3.63, 3.8) is 0 Å². The fraction of sp³-hybridized carbons (Fsp3) is 0.684. The fourth-order valence-corrected chi connectivity index (χ4v) is 3.85. The molecule has 0 N–H and O–H groups in total. The Morgan fingerprint density at radius 3 is 2.65 bits per heavy atom. The summed E-state index contributed by atoms with van der Waals surface area (Å²) in [5, 5.41) is 0. The molecule has 1 atom stereocenters. The summed E-state index contributed by atoms with van der Waals surface area (Å²) in [5.74, 6) is 1.08. The minimum Gasteiger partial charge on any atom is -0.494 e. The molecule has 4 nitrogen and oxygen atoms in total. The highest BCUT2D eigenvalue weighted by atomic mass is 16.5. The summed E-state index contributed by atoms with van der Waals surface area (Å²) in [5.41, 5.74) is 4.32. The standard InChI is InChI=1S/C19H30N2O2/c1-4-18-17-13-19(23-5-2)16(12-15(17)6-7-20(18)3)14-21-8-10-22-11-9-21/h12-13,18H,4-11,14H2,1-3H3. The second kappa shape index (κ2) is 7.65. The van der Waals surface area contributed by atoms with Crippen molar-refractivity contribution in [2.75, 3.05) is 46.5 Å². The second-order valence-electron chi connectivity index (χ2n) is 6.63. The molecule has 0 aliphatic carbocycles. The Morgan fingerprint density at radius 1 is 1.17 bits per heavy atom. The lowest BCUT2D eigenvalue weighted by atomic mass is 9.89. The summed E-state index contributed by atoms with van der Waals surface area (Å²) in [6.07, 6.45) is 2.29. The van der Waals surface area contributed by atoms with Crippen LogP contribution in [0, 0.1) is 0 Å². The SMILES string of the molecule is CCOc1cc2c(cc1CN1CCOCC1)CCN(C)C2CC. The number of morpholine rings is 1. The Morgan fingerprint density at radius 2 is 1.96 bits per heavy atom. The molecule has 0 aromatic heterocycles. The molecule has 1 unspecified atom stereocenters. The number of nitrogens with zero attached hydrogens (tertiary/aromatic N) is 2. The highest BCUT2D eigenvalue weighted by Crippen LogP contribution is 2.36. The molecular weight excluding hydrogens is 288 g/mol. The van der Waals surface area contributed by atoms with Crippen molar-refractivity contribution in [2.45, 2.75) is 39.3 Å². The van der Waals surface area contributed by atoms with Gasteiger partial charge in [-0.25, -0.2) is 0 Å². The van der Waals surface area contributed by atoms with Gasteiger partial charge in [0.05, 0.1) is 19.8 Å². The molecule has 128 valence electrons. The van der Waals surface area contributed by atoms with E-state index in [1.807, 2.05) is 0 Å². The van der Waals surface area contributed by atoms with Crippen molar-refractivity contribution in [1.29, 1.82) is 0 Å². The third kappa shape index (κ3) is 3.70. The van der Waals surface area contributed by atoms with Crippen LogP contribution in [0.25, 0.3) is 0 Å². The van der Waals surface area contributed by atoms with Crippen LogP contribution in [0.1, 0.15) is 43.0 Å². The van der Waals surface area contributed by atoms with E-state index in [4.69, 9.17) is 9.47 Å². The van der Waals surface area contributed by atoms with Gasteiger partial charge in [-0.1, -0.05) is 13.0 Å². The van der Waals surface area contributed by atoms with Gasteiger partial charge in [-0.3, -0.25) is 9.80 Å². The van der Waals surface area contributed by atoms with E-state index in [-0.39, 0.29) is 0 Å². The van der Waals surface area contributed by atoms with E-state index in [0.717, 1.165) is 64.6 Å². The monoisotopic (exact) mass is 318 g/mol. The zero-order valence-electron chi connectivity index (χ0n) is 14.8. The lowest BCUT2D eigenvalue weighted by molar-refractivity contribution is 0.0338. The molecule has 0 spiro atoms. The van der Waals surface area contributed by atoms with Crippen molar-refractivity contribution in [1.82, 2.24) is 9.80 Å². The third-order valence-electron chi connectivity index (χ3n) is 5.13. The Bertz CT molecular complexity index is 526. The van der Waals surface area contributed by atoms with Crippen LogP contribution < -0.4 is 4.74 Å². The first kappa shape index (κ1) is 16.7. The molecular formula is C19H30N2O2. The van der Waals surface area contributed by atoms with E-state index < -0.39 is 0 Å². The maximum absolute atomic E-state index is 6.00. The third-order valence-corrected chi connectivity index (χ3v) is 5.13. The van der Waals surface area contributed by atoms with Crippen molar-refractivity contribution >= 4 is 0 Å². The normalized spacial score (nSPS) is 22.8. The summed E-state index contributed by atoms with van der Waals surface area (Å²) < 4.78 is 11.5. The highest BCUT2D eigenvalue weighted by molar-refractivity contribution is 5.45. The van der Waals surface area contributed by atoms with Crippen molar-refractivity contribution in [3.8, 4) is 5.75 Å². The van der Waals surface area contributed by atoms with Gasteiger partial charge in [0.2, 0.25) is 0 Å². The average Bonchev–Trinajstić information content (AvgIpc) is 2.57. The first-order valence-electron chi connectivity index (χ1n) is 9.01. The zero-order chi connectivity index (χ0) is 16.2. The minimum absolute atomic E-state index is 0.524. The van der Waals surface area contributed by atoms with Gasteiger partial charge in [0, 0.05) is 37.8 Å². The molecule has 2 heterocycles. The lowest BCUT2D eigenvalue weighted by Crippen LogP contribution is -2.36. The second-order valence-corrected chi connectivity index (χ2v) is 6.63. The van der Waals surface area contributed by atoms with Gasteiger partial charge in [-0.2, -0.15) is 0 Å². The molecule has 2 aliphatic rings. The van der Waals surface area contributed by atoms with Crippen LogP contribution in [0.15, 0.2) is 12.1 Å². The molecule has 1 fully saturated rings. The first-order valence-corrected chi connectivity index (χ1v) is 9.01. The van der Waals surface area contributed by atoms with Gasteiger partial charge in [-0.15, -0.1) is 0 Å². The number of ether oxygens (including phenoxy) is 2. The summed E-state index contributed by atoms with van der Waals surface area (Å²) in [6.45, 7) is 10.9. The Kier molecular flexibility index (Phi) is 5.57. The van der Waals surface area contributed by atoms with E-state index >= 15 is 0 Å². The van der Waals surface area contributed by atoms with E-state index in [2.05, 4.69) is 42.8 Å². The van der Waals surface area contributed by atoms with E-state index in [1.165, 1.54) is 16.7 Å². The molecule has 0 amide bonds. The molecule has 1 aromatic rings. The molecule has 3 rings (SSSR count). The smallest absolute Gasteiger partial charge is 0.124 e. The van der Waals surface area contributed by atoms with Gasteiger partial charge < -0.3 is 9.47 Å². The molecule has 1 aromatic carbocycles. The Labute approximate surface area is 140 Å². The molecule has 4 heteroatoms. The van der Waals surface area contributed by atoms with E-state index in [0.29, 0.717) is 6.04 Å². The van der Waals surface area contributed by atoms with Gasteiger partial charge in [0.1, 0.15) is 5.75 Å². The van der Waals surface area contributed by atoms with Gasteiger partial charge in [-0.05, 0) is 44.0 Å². The molecule has 0 saturated carbocycles. The van der Waals surface area contributed by atoms with Crippen LogP contribution in [-0.2, 0) is 17.7 Å². The maximum Gasteiger partial charge on any atom is 0.124 e. The van der Waals surface area contributed by atoms with Crippen LogP contribution in [-0.4, -0.2) is 56.3 Å². The van der Waals surface area contributed by atoms with Crippen LogP contribution in [0.4, 0.5) is 0 Å². The maximum atomic E-state index is 6.00. The van der Waals surface area contributed by atoms with E-state index in [9.17, 15) is 0 Å². The largest absolute Gasteiger partial charge is 0.494 e. The summed E-state index contributed by atoms with van der Waals surface area (Å²) >= 11 is 0. The lowest BCUT2D eigenvalue weighted by Gasteiger charge is -2.35. The average molecular weight is 318 g/mol. The molecule has 0 bridgehead atoms. The van der Waals surface area contributed by atoms with E-state index in [1.54, 1.807) is 0 Å². The van der Waals surface area contributed by atoms with Crippen molar-refractivity contribution in [2.24, 2.45) is 0 Å². The quantitative estimate of drug-likeness (QED) is 0.833. The molecule has 23 heavy (non-hydrogen) atoms. The summed E-state index contributed by atoms with van der Waals surface area (Å²) in [4.78, 5) is 4.94. The van der Waals surface area contributed by atoms with Gasteiger partial charge in [0.15, 0.2) is 0 Å². The number of hydrogen-bond acceptors (Lipinski definition) is 4. The predicted octanol–water partition coefficient (Wildman–Crippen LogP) is 2.86. The van der Waals surface area contributed by atoms with Gasteiger partial charge in [0.25, 0.3) is 0 Å². The number of likely N-dealkylation sites (N-methyl/N-ethyl adjacent to an activating group) is 1. The summed E-state index contributed by atoms with van der Waals surface area (Å²) in [6, 6.07) is 5.25.